The Morgan fingerprint density at radius 3 is 2.79 bits per heavy atom. The fraction of sp³-hybridized carbons (Fsp3) is 0.583. The number of pyridine rings is 1. The summed E-state index contributed by atoms with van der Waals surface area (Å²) in [4.78, 5) is 4.19. The molecule has 2 heterocycles. The zero-order valence-electron chi connectivity index (χ0n) is 11.0. The molecule has 1 aromatic heterocycles. The van der Waals surface area contributed by atoms with Gasteiger partial charge in [0.05, 0.1) is 0 Å². The largest absolute Gasteiger partial charge is 0.308 e. The lowest BCUT2D eigenvalue weighted by Crippen LogP contribution is -2.38. The van der Waals surface area contributed by atoms with Gasteiger partial charge in [0.2, 0.25) is 10.0 Å². The van der Waals surface area contributed by atoms with Crippen molar-refractivity contribution in [3.63, 3.8) is 0 Å². The Kier molecular flexibility index (Phi) is 4.38. The maximum absolute atomic E-state index is 12.6. The number of hydrogen-bond acceptors (Lipinski definition) is 5. The number of hydrogen-bond donors (Lipinski definition) is 2. The predicted molar refractivity (Wildman–Crippen MR) is 73.9 cm³/mol. The number of rotatable bonds is 3. The molecular formula is C12H20N4O2S. The third kappa shape index (κ3) is 3.05. The summed E-state index contributed by atoms with van der Waals surface area (Å²) >= 11 is 0. The molecule has 0 amide bonds. The molecule has 0 aromatic carbocycles. The minimum atomic E-state index is -3.46. The molecule has 1 aromatic rings. The van der Waals surface area contributed by atoms with Gasteiger partial charge < -0.3 is 5.43 Å². The highest BCUT2D eigenvalue weighted by Crippen LogP contribution is 2.24. The Hall–Kier alpha value is -1.18. The first kappa shape index (κ1) is 14.2. The summed E-state index contributed by atoms with van der Waals surface area (Å²) < 4.78 is 26.8. The van der Waals surface area contributed by atoms with E-state index in [-0.39, 0.29) is 10.9 Å². The van der Waals surface area contributed by atoms with Crippen LogP contribution in [0.15, 0.2) is 23.2 Å². The van der Waals surface area contributed by atoms with Crippen LogP contribution >= 0.6 is 0 Å². The zero-order chi connectivity index (χ0) is 13.9. The van der Waals surface area contributed by atoms with Crippen LogP contribution in [0.25, 0.3) is 0 Å². The summed E-state index contributed by atoms with van der Waals surface area (Å²) in [6.07, 6.45) is 5.35. The van der Waals surface area contributed by atoms with Crippen LogP contribution in [0.4, 0.5) is 5.82 Å². The summed E-state index contributed by atoms with van der Waals surface area (Å²) in [5, 5.41) is 0. The second kappa shape index (κ2) is 5.85. The van der Waals surface area contributed by atoms with Crippen LogP contribution in [0, 0.1) is 0 Å². The van der Waals surface area contributed by atoms with Crippen molar-refractivity contribution in [2.75, 3.05) is 12.0 Å². The molecule has 19 heavy (non-hydrogen) atoms. The van der Waals surface area contributed by atoms with Gasteiger partial charge in [-0.1, -0.05) is 12.8 Å². The van der Waals surface area contributed by atoms with E-state index in [4.69, 9.17) is 5.84 Å². The van der Waals surface area contributed by atoms with E-state index in [2.05, 4.69) is 10.4 Å². The van der Waals surface area contributed by atoms with Crippen molar-refractivity contribution in [3.05, 3.63) is 18.3 Å². The van der Waals surface area contributed by atoms with Gasteiger partial charge in [-0.15, -0.1) is 0 Å². The number of hydrazine groups is 1. The monoisotopic (exact) mass is 284 g/mol. The Balaban J connectivity index is 2.29. The number of nitrogens with zero attached hydrogens (tertiary/aromatic N) is 2. The molecule has 106 valence electrons. The second-order valence-electron chi connectivity index (χ2n) is 4.84. The highest BCUT2D eigenvalue weighted by atomic mass is 32.2. The quantitative estimate of drug-likeness (QED) is 0.645. The van der Waals surface area contributed by atoms with Crippen molar-refractivity contribution in [1.29, 1.82) is 0 Å². The van der Waals surface area contributed by atoms with E-state index >= 15 is 0 Å². The van der Waals surface area contributed by atoms with Crippen molar-refractivity contribution < 1.29 is 8.42 Å². The maximum Gasteiger partial charge on any atom is 0.244 e. The van der Waals surface area contributed by atoms with Crippen molar-refractivity contribution >= 4 is 15.8 Å². The third-order valence-corrected chi connectivity index (χ3v) is 5.48. The lowest BCUT2D eigenvalue weighted by molar-refractivity contribution is 0.342. The standard InChI is InChI=1S/C12H20N4O2S/c1-10-5-3-2-4-8-16(10)19(17,18)11-6-7-12(15-13)14-9-11/h6-7,9-10H,2-5,8,13H2,1H3,(H,14,15). The van der Waals surface area contributed by atoms with E-state index in [0.717, 1.165) is 25.7 Å². The van der Waals surface area contributed by atoms with Crippen LogP contribution in [0.1, 0.15) is 32.6 Å². The van der Waals surface area contributed by atoms with Crippen LogP contribution in [0.2, 0.25) is 0 Å². The third-order valence-electron chi connectivity index (χ3n) is 3.48. The van der Waals surface area contributed by atoms with E-state index in [9.17, 15) is 8.42 Å². The number of anilines is 1. The van der Waals surface area contributed by atoms with Gasteiger partial charge in [-0.05, 0) is 31.9 Å². The number of sulfonamides is 1. The van der Waals surface area contributed by atoms with Crippen LogP contribution in [0.3, 0.4) is 0 Å². The molecule has 1 saturated heterocycles. The highest BCUT2D eigenvalue weighted by molar-refractivity contribution is 7.89. The zero-order valence-corrected chi connectivity index (χ0v) is 11.9. The van der Waals surface area contributed by atoms with Crippen LogP contribution in [0.5, 0.6) is 0 Å². The topological polar surface area (TPSA) is 88.3 Å². The number of nitrogens with two attached hydrogens (primary N) is 1. The lowest BCUT2D eigenvalue weighted by atomic mass is 10.1. The molecule has 7 heteroatoms. The van der Waals surface area contributed by atoms with Crippen molar-refractivity contribution in [3.8, 4) is 0 Å². The van der Waals surface area contributed by atoms with Crippen LogP contribution in [-0.2, 0) is 10.0 Å². The number of nitrogens with one attached hydrogen (secondary N) is 1. The summed E-state index contributed by atoms with van der Waals surface area (Å²) in [6.45, 7) is 2.55. The molecule has 3 N–H and O–H groups in total. The Labute approximate surface area is 114 Å². The molecule has 1 atom stereocenters. The molecule has 2 rings (SSSR count). The van der Waals surface area contributed by atoms with Gasteiger partial charge >= 0.3 is 0 Å². The number of nitrogen functional groups attached to an aromatic ring is 1. The summed E-state index contributed by atoms with van der Waals surface area (Å²) in [7, 11) is -3.46. The molecule has 0 saturated carbocycles. The molecule has 0 spiro atoms. The van der Waals surface area contributed by atoms with Crippen molar-refractivity contribution in [1.82, 2.24) is 9.29 Å². The smallest absolute Gasteiger partial charge is 0.244 e. The van der Waals surface area contributed by atoms with Gasteiger partial charge in [0.25, 0.3) is 0 Å². The molecule has 1 aliphatic rings. The van der Waals surface area contributed by atoms with E-state index in [0.29, 0.717) is 12.4 Å². The maximum atomic E-state index is 12.6. The Morgan fingerprint density at radius 1 is 1.37 bits per heavy atom. The fourth-order valence-electron chi connectivity index (χ4n) is 2.36. The molecule has 0 radical (unpaired) electrons. The molecule has 0 aliphatic carbocycles. The molecule has 0 bridgehead atoms. The van der Waals surface area contributed by atoms with Crippen molar-refractivity contribution in [2.45, 2.75) is 43.5 Å². The molecule has 1 aliphatic heterocycles. The minimum absolute atomic E-state index is 0.0415. The average Bonchev–Trinajstić information content (AvgIpc) is 2.64. The van der Waals surface area contributed by atoms with E-state index in [1.54, 1.807) is 10.4 Å². The van der Waals surface area contributed by atoms with Gasteiger partial charge in [-0.3, -0.25) is 0 Å². The van der Waals surface area contributed by atoms with Crippen LogP contribution in [-0.4, -0.2) is 30.3 Å². The lowest BCUT2D eigenvalue weighted by Gasteiger charge is -2.26. The fourth-order valence-corrected chi connectivity index (χ4v) is 4.00. The van der Waals surface area contributed by atoms with Crippen molar-refractivity contribution in [2.24, 2.45) is 5.84 Å². The van der Waals surface area contributed by atoms with Gasteiger partial charge in [-0.2, -0.15) is 4.31 Å². The van der Waals surface area contributed by atoms with E-state index < -0.39 is 10.0 Å². The summed E-state index contributed by atoms with van der Waals surface area (Å²) in [5.74, 6) is 5.67. The van der Waals surface area contributed by atoms with Gasteiger partial charge in [0.1, 0.15) is 10.7 Å². The van der Waals surface area contributed by atoms with Gasteiger partial charge in [0, 0.05) is 18.8 Å². The summed E-state index contributed by atoms with van der Waals surface area (Å²) in [6, 6.07) is 3.14. The Bertz CT molecular complexity index is 515. The molecule has 6 nitrogen and oxygen atoms in total. The normalized spacial score (nSPS) is 21.9. The molecular weight excluding hydrogens is 264 g/mol. The van der Waals surface area contributed by atoms with E-state index in [1.807, 2.05) is 6.92 Å². The second-order valence-corrected chi connectivity index (χ2v) is 6.73. The molecule has 1 fully saturated rings. The van der Waals surface area contributed by atoms with E-state index in [1.165, 1.54) is 12.3 Å². The minimum Gasteiger partial charge on any atom is -0.308 e. The molecule has 1 unspecified atom stereocenters. The first-order chi connectivity index (χ1) is 9.05. The predicted octanol–water partition coefficient (Wildman–Crippen LogP) is 1.32. The first-order valence-electron chi connectivity index (χ1n) is 6.50. The number of aromatic nitrogens is 1. The SMILES string of the molecule is CC1CCCCCN1S(=O)(=O)c1ccc(NN)nc1. The Morgan fingerprint density at radius 2 is 2.16 bits per heavy atom. The highest BCUT2D eigenvalue weighted by Gasteiger charge is 2.30. The van der Waals surface area contributed by atoms with Gasteiger partial charge in [0.15, 0.2) is 0 Å². The van der Waals surface area contributed by atoms with Crippen LogP contribution < -0.4 is 11.3 Å². The first-order valence-corrected chi connectivity index (χ1v) is 7.94. The average molecular weight is 284 g/mol. The van der Waals surface area contributed by atoms with Gasteiger partial charge in [-0.25, -0.2) is 19.2 Å². The summed E-state index contributed by atoms with van der Waals surface area (Å²) in [5.41, 5.74) is 2.38.